The number of nitrogens with zero attached hydrogens (tertiary/aromatic N) is 1. The molecule has 2 aromatic carbocycles. The lowest BCUT2D eigenvalue weighted by atomic mass is 10.1. The molecule has 0 bridgehead atoms. The Balaban J connectivity index is 1.69. The van der Waals surface area contributed by atoms with Gasteiger partial charge in [0.25, 0.3) is 5.91 Å². The number of hydrogen-bond acceptors (Lipinski definition) is 4. The number of nitrogens with one attached hydrogen (secondary N) is 3. The van der Waals surface area contributed by atoms with Crippen LogP contribution in [0.5, 0.6) is 0 Å². The molecule has 0 fully saturated rings. The normalized spacial score (nSPS) is 11.6. The fourth-order valence-electron chi connectivity index (χ4n) is 2.69. The molecule has 0 aliphatic carbocycles. The first-order valence-electron chi connectivity index (χ1n) is 8.87. The molecule has 0 aliphatic rings. The first-order chi connectivity index (χ1) is 13.5. The molecule has 0 aliphatic heterocycles. The third kappa shape index (κ3) is 5.23. The zero-order chi connectivity index (χ0) is 19.9. The van der Waals surface area contributed by atoms with E-state index in [1.54, 1.807) is 6.20 Å². The molecule has 1 aromatic heterocycles. The van der Waals surface area contributed by atoms with Crippen molar-refractivity contribution in [3.8, 4) is 0 Å². The molecule has 1 heterocycles. The first-order valence-corrected chi connectivity index (χ1v) is 9.85. The van der Waals surface area contributed by atoms with Crippen LogP contribution >= 0.6 is 11.8 Å². The summed E-state index contributed by atoms with van der Waals surface area (Å²) in [6.45, 7) is 4.04. The van der Waals surface area contributed by atoms with Gasteiger partial charge in [-0.05, 0) is 31.0 Å². The number of benzene rings is 2. The second-order valence-electron chi connectivity index (χ2n) is 6.45. The van der Waals surface area contributed by atoms with Gasteiger partial charge in [0.2, 0.25) is 5.91 Å². The molecule has 0 unspecified atom stereocenters. The van der Waals surface area contributed by atoms with Crippen molar-refractivity contribution in [2.45, 2.75) is 24.8 Å². The molecule has 0 spiro atoms. The Morgan fingerprint density at radius 3 is 2.64 bits per heavy atom. The third-order valence-corrected chi connectivity index (χ3v) is 5.33. The molecule has 0 radical (unpaired) electrons. The van der Waals surface area contributed by atoms with Crippen LogP contribution in [0.2, 0.25) is 0 Å². The quantitative estimate of drug-likeness (QED) is 0.534. The van der Waals surface area contributed by atoms with E-state index in [1.807, 2.05) is 56.3 Å². The Kier molecular flexibility index (Phi) is 6.49. The van der Waals surface area contributed by atoms with Crippen LogP contribution in [0.4, 0.5) is 5.69 Å². The van der Waals surface area contributed by atoms with Gasteiger partial charge in [-0.3, -0.25) is 14.7 Å². The Bertz CT molecular complexity index is 942. The van der Waals surface area contributed by atoms with Crippen LogP contribution in [0.1, 0.15) is 22.7 Å². The summed E-state index contributed by atoms with van der Waals surface area (Å²) >= 11 is 1.46. The minimum absolute atomic E-state index is 0.206. The molecule has 0 saturated heterocycles. The van der Waals surface area contributed by atoms with Crippen molar-refractivity contribution in [3.63, 3.8) is 0 Å². The highest BCUT2D eigenvalue weighted by molar-refractivity contribution is 8.00. The van der Waals surface area contributed by atoms with Gasteiger partial charge in [0.15, 0.2) is 0 Å². The van der Waals surface area contributed by atoms with Gasteiger partial charge in [0, 0.05) is 11.1 Å². The van der Waals surface area contributed by atoms with Gasteiger partial charge in [-0.15, -0.1) is 11.8 Å². The second-order valence-corrected chi connectivity index (χ2v) is 7.46. The maximum Gasteiger partial charge on any atom is 0.251 e. The van der Waals surface area contributed by atoms with Crippen LogP contribution in [-0.4, -0.2) is 27.8 Å². The van der Waals surface area contributed by atoms with Gasteiger partial charge in [0.1, 0.15) is 6.04 Å². The lowest BCUT2D eigenvalue weighted by molar-refractivity contribution is -0.125. The molecular weight excluding hydrogens is 372 g/mol. The molecule has 144 valence electrons. The van der Waals surface area contributed by atoms with E-state index in [0.29, 0.717) is 11.3 Å². The monoisotopic (exact) mass is 394 g/mol. The van der Waals surface area contributed by atoms with Crippen molar-refractivity contribution in [3.05, 3.63) is 77.6 Å². The molecule has 3 rings (SSSR count). The fraction of sp³-hybridized carbons (Fsp3) is 0.190. The van der Waals surface area contributed by atoms with Gasteiger partial charge < -0.3 is 10.6 Å². The number of thioether (sulfide) groups is 1. The molecule has 3 N–H and O–H groups in total. The predicted octanol–water partition coefficient (Wildman–Crippen LogP) is 3.61. The van der Waals surface area contributed by atoms with Crippen LogP contribution < -0.4 is 10.6 Å². The van der Waals surface area contributed by atoms with Crippen molar-refractivity contribution < 1.29 is 9.59 Å². The summed E-state index contributed by atoms with van der Waals surface area (Å²) in [6, 6.07) is 14.5. The van der Waals surface area contributed by atoms with E-state index in [0.717, 1.165) is 16.0 Å². The summed E-state index contributed by atoms with van der Waals surface area (Å²) in [4.78, 5) is 26.4. The summed E-state index contributed by atoms with van der Waals surface area (Å²) in [5.74, 6) is -0.299. The van der Waals surface area contributed by atoms with Crippen LogP contribution in [0, 0.1) is 13.8 Å². The third-order valence-electron chi connectivity index (χ3n) is 4.17. The summed E-state index contributed by atoms with van der Waals surface area (Å²) in [5.41, 5.74) is 3.54. The van der Waals surface area contributed by atoms with Gasteiger partial charge >= 0.3 is 0 Å². The number of aryl methyl sites for hydroxylation is 2. The standard InChI is InChI=1S/C21H22N4O2S/c1-14-8-9-15(2)18(10-14)28-13-19(26)25-20(16-6-4-3-5-7-16)21(27)24-17-11-22-23-12-17/h3-12,20H,13H2,1-2H3,(H,22,23)(H,24,27)(H,25,26)/t20-/m0/s1. The Morgan fingerprint density at radius 1 is 1.14 bits per heavy atom. The number of H-pyrrole nitrogens is 1. The summed E-state index contributed by atoms with van der Waals surface area (Å²) in [7, 11) is 0. The second kappa shape index (κ2) is 9.23. The van der Waals surface area contributed by atoms with Gasteiger partial charge in [-0.1, -0.05) is 48.0 Å². The molecule has 6 nitrogen and oxygen atoms in total. The minimum Gasteiger partial charge on any atom is -0.340 e. The zero-order valence-electron chi connectivity index (χ0n) is 15.7. The number of aromatic amines is 1. The largest absolute Gasteiger partial charge is 0.340 e. The maximum atomic E-state index is 12.7. The van der Waals surface area contributed by atoms with Gasteiger partial charge in [-0.25, -0.2) is 0 Å². The first kappa shape index (κ1) is 19.7. The SMILES string of the molecule is Cc1ccc(C)c(SCC(=O)N[C@H](C(=O)Nc2cn[nH]c2)c2ccccc2)c1. The molecule has 28 heavy (non-hydrogen) atoms. The molecular formula is C21H22N4O2S. The van der Waals surface area contributed by atoms with Crippen LogP contribution in [0.15, 0.2) is 65.8 Å². The number of rotatable bonds is 7. The van der Waals surface area contributed by atoms with E-state index in [1.165, 1.54) is 18.0 Å². The van der Waals surface area contributed by atoms with E-state index >= 15 is 0 Å². The van der Waals surface area contributed by atoms with Crippen LogP contribution in [-0.2, 0) is 9.59 Å². The van der Waals surface area contributed by atoms with Gasteiger partial charge in [-0.2, -0.15) is 5.10 Å². The predicted molar refractivity (Wildman–Crippen MR) is 111 cm³/mol. The molecule has 3 aromatic rings. The van der Waals surface area contributed by atoms with E-state index in [-0.39, 0.29) is 17.6 Å². The van der Waals surface area contributed by atoms with E-state index in [4.69, 9.17) is 0 Å². The summed E-state index contributed by atoms with van der Waals surface area (Å²) < 4.78 is 0. The highest BCUT2D eigenvalue weighted by Crippen LogP contribution is 2.24. The molecule has 2 amide bonds. The number of anilines is 1. The fourth-order valence-corrected chi connectivity index (χ4v) is 3.62. The summed E-state index contributed by atoms with van der Waals surface area (Å²) in [5, 5.41) is 12.1. The number of aromatic nitrogens is 2. The lowest BCUT2D eigenvalue weighted by Gasteiger charge is -2.18. The average Bonchev–Trinajstić information content (AvgIpc) is 3.20. The van der Waals surface area contributed by atoms with E-state index < -0.39 is 6.04 Å². The number of hydrogen-bond donors (Lipinski definition) is 3. The van der Waals surface area contributed by atoms with Gasteiger partial charge in [0.05, 0.1) is 17.6 Å². The van der Waals surface area contributed by atoms with Crippen molar-refractivity contribution in [1.29, 1.82) is 0 Å². The Hall–Kier alpha value is -3.06. The number of carbonyl (C=O) groups excluding carboxylic acids is 2. The van der Waals surface area contributed by atoms with E-state index in [2.05, 4.69) is 26.9 Å². The Labute approximate surface area is 168 Å². The van der Waals surface area contributed by atoms with Crippen LogP contribution in [0.3, 0.4) is 0 Å². The van der Waals surface area contributed by atoms with Crippen LogP contribution in [0.25, 0.3) is 0 Å². The number of carbonyl (C=O) groups is 2. The highest BCUT2D eigenvalue weighted by Gasteiger charge is 2.23. The average molecular weight is 395 g/mol. The van der Waals surface area contributed by atoms with Crippen molar-refractivity contribution in [2.24, 2.45) is 0 Å². The van der Waals surface area contributed by atoms with Crippen molar-refractivity contribution in [2.75, 3.05) is 11.1 Å². The number of amides is 2. The topological polar surface area (TPSA) is 86.9 Å². The highest BCUT2D eigenvalue weighted by atomic mass is 32.2. The molecule has 1 atom stereocenters. The molecule has 0 saturated carbocycles. The van der Waals surface area contributed by atoms with Crippen molar-refractivity contribution in [1.82, 2.24) is 15.5 Å². The zero-order valence-corrected chi connectivity index (χ0v) is 16.5. The molecule has 7 heteroatoms. The van der Waals surface area contributed by atoms with Crippen molar-refractivity contribution >= 4 is 29.3 Å². The maximum absolute atomic E-state index is 12.7. The lowest BCUT2D eigenvalue weighted by Crippen LogP contribution is -2.37. The van der Waals surface area contributed by atoms with E-state index in [9.17, 15) is 9.59 Å². The minimum atomic E-state index is -0.789. The Morgan fingerprint density at radius 2 is 1.93 bits per heavy atom. The summed E-state index contributed by atoms with van der Waals surface area (Å²) in [6.07, 6.45) is 3.09. The smallest absolute Gasteiger partial charge is 0.251 e.